The minimum atomic E-state index is -4.87. The second-order valence-electron chi connectivity index (χ2n) is 14.3. The van der Waals surface area contributed by atoms with Crippen LogP contribution in [-0.4, -0.2) is 93.2 Å². The van der Waals surface area contributed by atoms with Gasteiger partial charge in [0.25, 0.3) is 0 Å². The van der Waals surface area contributed by atoms with Crippen molar-refractivity contribution in [3.8, 4) is 0 Å². The first-order valence-electron chi connectivity index (χ1n) is 14.4. The Morgan fingerprint density at radius 1 is 1.02 bits per heavy atom. The maximum atomic E-state index is 14.8. The van der Waals surface area contributed by atoms with Gasteiger partial charge < -0.3 is 29.2 Å². The van der Waals surface area contributed by atoms with Crippen molar-refractivity contribution in [2.45, 2.75) is 106 Å². The lowest BCUT2D eigenvalue weighted by molar-refractivity contribution is -0.342. The van der Waals surface area contributed by atoms with Crippen molar-refractivity contribution in [1.29, 1.82) is 0 Å². The highest BCUT2D eigenvalue weighted by atomic mass is 32.3. The molecule has 0 aromatic carbocycles. The van der Waals surface area contributed by atoms with E-state index in [4.69, 9.17) is 23.1 Å². The van der Waals surface area contributed by atoms with Crippen molar-refractivity contribution >= 4 is 33.9 Å². The third kappa shape index (κ3) is 2.74. The quantitative estimate of drug-likeness (QED) is 0.156. The van der Waals surface area contributed by atoms with Gasteiger partial charge in [0.2, 0.25) is 5.79 Å². The lowest BCUT2D eigenvalue weighted by atomic mass is 9.47. The van der Waals surface area contributed by atoms with Crippen LogP contribution in [0.15, 0.2) is 12.2 Å². The van der Waals surface area contributed by atoms with E-state index in [1.165, 1.54) is 6.92 Å². The first kappa shape index (κ1) is 28.2. The number of ketones is 2. The summed E-state index contributed by atoms with van der Waals surface area (Å²) in [4.78, 5) is 55.4. The zero-order valence-corrected chi connectivity index (χ0v) is 24.5. The summed E-state index contributed by atoms with van der Waals surface area (Å²) < 4.78 is 61.0. The lowest BCUT2D eigenvalue weighted by Gasteiger charge is -2.60. The van der Waals surface area contributed by atoms with E-state index >= 15 is 0 Å². The molecule has 3 N–H and O–H groups in total. The molecule has 5 saturated heterocycles. The minimum Gasteiger partial charge on any atom is -0.455 e. The molecule has 5 heterocycles. The SMILES string of the molecule is C=C1C(=O)O[C@@H]2C[C@@]1(C)[C@@H]1C(=O)[C@]3(O)O[C@@]14[C@@](O)(CC[C@H]1[C@H]3C[C@H]3O[C@]35C[C@@H](OS(=O)(=O)O)CC(=O)[C@]15C)C(=O)O[C@@]24C. The molecule has 5 aliphatic heterocycles. The summed E-state index contributed by atoms with van der Waals surface area (Å²) in [6.45, 7) is 8.56. The average Bonchev–Trinajstić information content (AvgIpc) is 3.48. The van der Waals surface area contributed by atoms with E-state index in [0.717, 1.165) is 0 Å². The number of aliphatic hydroxyl groups is 2. The van der Waals surface area contributed by atoms with Crippen LogP contribution >= 0.6 is 0 Å². The highest BCUT2D eigenvalue weighted by Gasteiger charge is 2.93. The van der Waals surface area contributed by atoms with Crippen molar-refractivity contribution in [3.05, 3.63) is 12.2 Å². The molecular weight excluding hydrogens is 592 g/mol. The Morgan fingerprint density at radius 3 is 2.40 bits per heavy atom. The maximum Gasteiger partial charge on any atom is 0.397 e. The largest absolute Gasteiger partial charge is 0.455 e. The summed E-state index contributed by atoms with van der Waals surface area (Å²) in [6.07, 6.45) is -3.77. The molecule has 234 valence electrons. The summed E-state index contributed by atoms with van der Waals surface area (Å²) in [6, 6.07) is 0. The average molecular weight is 625 g/mol. The van der Waals surface area contributed by atoms with Gasteiger partial charge in [-0.3, -0.25) is 14.1 Å². The van der Waals surface area contributed by atoms with E-state index in [9.17, 15) is 42.4 Å². The Labute approximate surface area is 245 Å². The third-order valence-corrected chi connectivity index (χ3v) is 13.4. The molecular formula is C28H32O14S. The van der Waals surface area contributed by atoms with Gasteiger partial charge in [-0.05, 0) is 45.4 Å². The Bertz CT molecular complexity index is 1590. The molecule has 14 nitrogen and oxygen atoms in total. The van der Waals surface area contributed by atoms with Gasteiger partial charge in [-0.1, -0.05) is 13.5 Å². The highest BCUT2D eigenvalue weighted by molar-refractivity contribution is 7.80. The van der Waals surface area contributed by atoms with Crippen LogP contribution in [0.2, 0.25) is 0 Å². The van der Waals surface area contributed by atoms with Gasteiger partial charge in [0.1, 0.15) is 17.5 Å². The molecule has 0 aromatic heterocycles. The number of Topliss-reactive ketones (excluding diaryl/α,β-unsaturated/α-hetero) is 2. The molecule has 4 bridgehead atoms. The number of fused-ring (bicyclic) bond motifs is 8. The number of rotatable bonds is 2. The molecule has 8 fully saturated rings. The molecule has 0 unspecified atom stereocenters. The summed E-state index contributed by atoms with van der Waals surface area (Å²) in [5.74, 6) is -9.21. The molecule has 13 atom stereocenters. The highest BCUT2D eigenvalue weighted by Crippen LogP contribution is 2.76. The van der Waals surface area contributed by atoms with Gasteiger partial charge >= 0.3 is 22.3 Å². The molecule has 3 aliphatic carbocycles. The van der Waals surface area contributed by atoms with Gasteiger partial charge in [-0.15, -0.1) is 0 Å². The van der Waals surface area contributed by atoms with Gasteiger partial charge in [-0.25, -0.2) is 13.8 Å². The summed E-state index contributed by atoms with van der Waals surface area (Å²) in [5.41, 5.74) is -10.6. The second kappa shape index (κ2) is 7.40. The smallest absolute Gasteiger partial charge is 0.397 e. The summed E-state index contributed by atoms with van der Waals surface area (Å²) >= 11 is 0. The van der Waals surface area contributed by atoms with Crippen LogP contribution in [-0.2, 0) is 52.7 Å². The van der Waals surface area contributed by atoms with Crippen LogP contribution in [0.1, 0.15) is 59.3 Å². The molecule has 0 radical (unpaired) electrons. The minimum absolute atomic E-state index is 0.0254. The van der Waals surface area contributed by atoms with Crippen LogP contribution in [0.4, 0.5) is 0 Å². The number of carbonyl (C=O) groups excluding carboxylic acids is 4. The number of carbonyl (C=O) groups is 4. The standard InChI is InChI=1S/C28H32O14S/c1-11-20(31)38-17-10-22(11,2)18-19(30)27(34)14-8-16-26(39-16)9-12(41-43(35,36)37)7-15(29)23(26,3)13(14)5-6-25(33)21(32)40-24(17,4)28(18,25)42-27/h12-14,16-18,33-34H,1,5-10H2,2-4H3,(H,35,36,37)/t12-,13-,14+,16+,17+,18-,22+,23-,24-,25+,26+,27+,28-/m0/s1. The maximum absolute atomic E-state index is 14.8. The first-order valence-corrected chi connectivity index (χ1v) is 15.8. The molecule has 8 aliphatic rings. The van der Waals surface area contributed by atoms with E-state index < -0.39 is 115 Å². The van der Waals surface area contributed by atoms with Crippen molar-refractivity contribution in [2.24, 2.45) is 28.6 Å². The lowest BCUT2D eigenvalue weighted by Crippen LogP contribution is -2.77. The normalized spacial score (nSPS) is 57.9. The molecule has 0 aromatic rings. The number of hydrogen-bond acceptors (Lipinski definition) is 13. The number of ether oxygens (including phenoxy) is 4. The van der Waals surface area contributed by atoms with E-state index in [2.05, 4.69) is 6.58 Å². The zero-order chi connectivity index (χ0) is 31.1. The fraction of sp³-hybridized carbons (Fsp3) is 0.786. The Morgan fingerprint density at radius 2 is 1.72 bits per heavy atom. The predicted molar refractivity (Wildman–Crippen MR) is 136 cm³/mol. The van der Waals surface area contributed by atoms with Gasteiger partial charge in [0, 0.05) is 29.7 Å². The van der Waals surface area contributed by atoms with Crippen molar-refractivity contribution < 1.29 is 65.5 Å². The van der Waals surface area contributed by atoms with E-state index in [1.54, 1.807) is 13.8 Å². The monoisotopic (exact) mass is 624 g/mol. The van der Waals surface area contributed by atoms with Crippen LogP contribution in [0.5, 0.6) is 0 Å². The number of esters is 2. The van der Waals surface area contributed by atoms with Crippen LogP contribution in [0, 0.1) is 28.6 Å². The van der Waals surface area contributed by atoms with E-state index in [0.29, 0.717) is 0 Å². The molecule has 8 rings (SSSR count). The molecule has 0 amide bonds. The Hall–Kier alpha value is -2.27. The third-order valence-electron chi connectivity index (χ3n) is 12.9. The van der Waals surface area contributed by atoms with Crippen LogP contribution in [0.3, 0.4) is 0 Å². The van der Waals surface area contributed by atoms with Gasteiger partial charge in [0.15, 0.2) is 22.6 Å². The summed E-state index contributed by atoms with van der Waals surface area (Å²) in [7, 11) is -4.87. The molecule has 43 heavy (non-hydrogen) atoms. The topological polar surface area (TPSA) is 213 Å². The van der Waals surface area contributed by atoms with Gasteiger partial charge in [-0.2, -0.15) is 8.42 Å². The fourth-order valence-electron chi connectivity index (χ4n) is 10.8. The van der Waals surface area contributed by atoms with Crippen molar-refractivity contribution in [1.82, 2.24) is 0 Å². The predicted octanol–water partition coefficient (Wildman–Crippen LogP) is -0.308. The molecule has 2 spiro atoms. The Balaban J connectivity index is 1.30. The van der Waals surface area contributed by atoms with Gasteiger partial charge in [0.05, 0.1) is 23.5 Å². The number of epoxide rings is 1. The van der Waals surface area contributed by atoms with Crippen LogP contribution in [0.25, 0.3) is 0 Å². The first-order chi connectivity index (χ1) is 19.8. The summed E-state index contributed by atoms with van der Waals surface area (Å²) in [5, 5.41) is 24.9. The van der Waals surface area contributed by atoms with Crippen LogP contribution < -0.4 is 0 Å². The zero-order valence-electron chi connectivity index (χ0n) is 23.7. The molecule has 3 saturated carbocycles. The number of hydrogen-bond donors (Lipinski definition) is 3. The van der Waals surface area contributed by atoms with E-state index in [1.807, 2.05) is 0 Å². The second-order valence-corrected chi connectivity index (χ2v) is 15.4. The molecule has 15 heteroatoms. The Kier molecular flexibility index (Phi) is 4.86. The fourth-order valence-corrected chi connectivity index (χ4v) is 11.2. The van der Waals surface area contributed by atoms with Crippen molar-refractivity contribution in [2.75, 3.05) is 0 Å². The van der Waals surface area contributed by atoms with E-state index in [-0.39, 0.29) is 37.7 Å². The van der Waals surface area contributed by atoms with Crippen molar-refractivity contribution in [3.63, 3.8) is 0 Å².